The second-order valence-electron chi connectivity index (χ2n) is 6.79. The third kappa shape index (κ3) is 3.51. The number of nitrogens with one attached hydrogen (secondary N) is 1. The van der Waals surface area contributed by atoms with Crippen LogP contribution < -0.4 is 5.32 Å². The Bertz CT molecular complexity index is 471. The molecule has 2 amide bonds. The zero-order valence-electron chi connectivity index (χ0n) is 13.5. The summed E-state index contributed by atoms with van der Waals surface area (Å²) in [6, 6.07) is -1.12. The number of fused-ring (bicyclic) bond motifs is 1. The molecule has 0 saturated carbocycles. The van der Waals surface area contributed by atoms with Gasteiger partial charge in [0.05, 0.1) is 7.11 Å². The molecule has 2 saturated heterocycles. The summed E-state index contributed by atoms with van der Waals surface area (Å²) >= 11 is 0. The monoisotopic (exact) mass is 312 g/mol. The number of hydrogen-bond donors (Lipinski definition) is 1. The van der Waals surface area contributed by atoms with E-state index in [1.807, 2.05) is 0 Å². The van der Waals surface area contributed by atoms with Gasteiger partial charge in [-0.2, -0.15) is 0 Å². The van der Waals surface area contributed by atoms with Crippen molar-refractivity contribution in [3.05, 3.63) is 0 Å². The lowest BCUT2D eigenvalue weighted by Crippen LogP contribution is -2.58. The first-order chi connectivity index (χ1) is 10.2. The number of esters is 1. The van der Waals surface area contributed by atoms with Crippen LogP contribution in [0, 0.1) is 0 Å². The summed E-state index contributed by atoms with van der Waals surface area (Å²) < 4.78 is 9.95. The lowest BCUT2D eigenvalue weighted by Gasteiger charge is -2.37. The second-order valence-corrected chi connectivity index (χ2v) is 6.79. The summed E-state index contributed by atoms with van der Waals surface area (Å²) in [7, 11) is 1.32. The van der Waals surface area contributed by atoms with E-state index in [0.29, 0.717) is 12.8 Å². The first-order valence-electron chi connectivity index (χ1n) is 7.62. The number of piperidine rings is 1. The molecule has 1 N–H and O–H groups in total. The Balaban J connectivity index is 2.03. The van der Waals surface area contributed by atoms with Gasteiger partial charge >= 0.3 is 12.1 Å². The molecular weight excluding hydrogens is 288 g/mol. The molecule has 0 bridgehead atoms. The van der Waals surface area contributed by atoms with Crippen LogP contribution in [0.5, 0.6) is 0 Å². The van der Waals surface area contributed by atoms with Crippen molar-refractivity contribution in [1.29, 1.82) is 0 Å². The number of hydrogen-bond acceptors (Lipinski definition) is 5. The summed E-state index contributed by atoms with van der Waals surface area (Å²) in [6.45, 7) is 5.29. The van der Waals surface area contributed by atoms with Gasteiger partial charge in [0, 0.05) is 6.04 Å². The summed E-state index contributed by atoms with van der Waals surface area (Å²) in [5.41, 5.74) is -0.619. The van der Waals surface area contributed by atoms with E-state index in [2.05, 4.69) is 5.32 Å². The molecule has 0 aromatic heterocycles. The number of methoxy groups -OCH3 is 1. The maximum absolute atomic E-state index is 12.6. The fraction of sp³-hybridized carbons (Fsp3) is 0.800. The molecular formula is C15H24N2O5. The zero-order chi connectivity index (χ0) is 16.5. The maximum Gasteiger partial charge on any atom is 0.408 e. The van der Waals surface area contributed by atoms with E-state index in [9.17, 15) is 14.4 Å². The highest BCUT2D eigenvalue weighted by molar-refractivity contribution is 5.91. The number of nitrogens with zero attached hydrogens (tertiary/aromatic N) is 1. The van der Waals surface area contributed by atoms with E-state index < -0.39 is 29.7 Å². The van der Waals surface area contributed by atoms with E-state index in [4.69, 9.17) is 9.47 Å². The quantitative estimate of drug-likeness (QED) is 0.775. The fourth-order valence-electron chi connectivity index (χ4n) is 3.11. The fourth-order valence-corrected chi connectivity index (χ4v) is 3.11. The summed E-state index contributed by atoms with van der Waals surface area (Å²) in [4.78, 5) is 37.8. The van der Waals surface area contributed by atoms with Gasteiger partial charge in [-0.05, 0) is 46.5 Å². The van der Waals surface area contributed by atoms with Gasteiger partial charge in [-0.25, -0.2) is 9.59 Å². The van der Waals surface area contributed by atoms with Crippen LogP contribution in [0.1, 0.15) is 46.5 Å². The van der Waals surface area contributed by atoms with Crippen LogP contribution in [0.2, 0.25) is 0 Å². The Kier molecular flexibility index (Phi) is 4.63. The molecule has 2 fully saturated rings. The average Bonchev–Trinajstić information content (AvgIpc) is 2.83. The number of alkyl carbamates (subject to hydrolysis) is 1. The largest absolute Gasteiger partial charge is 0.467 e. The van der Waals surface area contributed by atoms with Crippen molar-refractivity contribution in [1.82, 2.24) is 10.2 Å². The molecule has 2 aliphatic heterocycles. The van der Waals surface area contributed by atoms with E-state index in [0.717, 1.165) is 12.8 Å². The topological polar surface area (TPSA) is 84.9 Å². The zero-order valence-corrected chi connectivity index (χ0v) is 13.5. The van der Waals surface area contributed by atoms with Crippen LogP contribution in [-0.2, 0) is 19.1 Å². The summed E-state index contributed by atoms with van der Waals surface area (Å²) in [5.74, 6) is -0.622. The lowest BCUT2D eigenvalue weighted by molar-refractivity contribution is -0.154. The van der Waals surface area contributed by atoms with E-state index in [1.165, 1.54) is 7.11 Å². The van der Waals surface area contributed by atoms with Crippen LogP contribution in [0.3, 0.4) is 0 Å². The first kappa shape index (κ1) is 16.6. The van der Waals surface area contributed by atoms with Crippen molar-refractivity contribution in [2.45, 2.75) is 70.2 Å². The van der Waals surface area contributed by atoms with Gasteiger partial charge in [-0.15, -0.1) is 0 Å². The molecule has 0 radical (unpaired) electrons. The number of rotatable bonds is 2. The van der Waals surface area contributed by atoms with Crippen molar-refractivity contribution in [2.24, 2.45) is 0 Å². The Labute approximate surface area is 130 Å². The van der Waals surface area contributed by atoms with Crippen molar-refractivity contribution in [3.63, 3.8) is 0 Å². The SMILES string of the molecule is COC(=O)C1CCC2CCC(NC(=O)OC(C)(C)C)C(=O)N21. The normalized spacial score (nSPS) is 28.1. The molecule has 0 aromatic rings. The van der Waals surface area contributed by atoms with Crippen LogP contribution in [0.4, 0.5) is 4.79 Å². The Hall–Kier alpha value is -1.79. The molecule has 124 valence electrons. The number of amides is 2. The van der Waals surface area contributed by atoms with Crippen LogP contribution in [0.25, 0.3) is 0 Å². The molecule has 2 aliphatic rings. The second kappa shape index (κ2) is 6.14. The molecule has 0 aromatic carbocycles. The van der Waals surface area contributed by atoms with Crippen LogP contribution in [-0.4, -0.2) is 53.7 Å². The van der Waals surface area contributed by atoms with Gasteiger partial charge in [-0.3, -0.25) is 4.79 Å². The Morgan fingerprint density at radius 1 is 1.18 bits per heavy atom. The molecule has 7 heteroatoms. The Morgan fingerprint density at radius 2 is 1.82 bits per heavy atom. The van der Waals surface area contributed by atoms with E-state index in [1.54, 1.807) is 25.7 Å². The highest BCUT2D eigenvalue weighted by Gasteiger charge is 2.47. The number of carbonyl (C=O) groups is 3. The van der Waals surface area contributed by atoms with Crippen LogP contribution in [0.15, 0.2) is 0 Å². The average molecular weight is 312 g/mol. The third-order valence-corrected chi connectivity index (χ3v) is 4.01. The van der Waals surface area contributed by atoms with Gasteiger partial charge in [-0.1, -0.05) is 0 Å². The van der Waals surface area contributed by atoms with Crippen LogP contribution >= 0.6 is 0 Å². The molecule has 7 nitrogen and oxygen atoms in total. The molecule has 3 unspecified atom stereocenters. The smallest absolute Gasteiger partial charge is 0.408 e. The van der Waals surface area contributed by atoms with Gasteiger partial charge in [0.25, 0.3) is 0 Å². The number of carbonyl (C=O) groups excluding carboxylic acids is 3. The molecule has 3 atom stereocenters. The predicted molar refractivity (Wildman–Crippen MR) is 78.1 cm³/mol. The molecule has 22 heavy (non-hydrogen) atoms. The first-order valence-corrected chi connectivity index (χ1v) is 7.62. The highest BCUT2D eigenvalue weighted by atomic mass is 16.6. The molecule has 0 spiro atoms. The third-order valence-electron chi connectivity index (χ3n) is 4.01. The van der Waals surface area contributed by atoms with Crippen molar-refractivity contribution < 1.29 is 23.9 Å². The van der Waals surface area contributed by atoms with Gasteiger partial charge in [0.2, 0.25) is 5.91 Å². The maximum atomic E-state index is 12.6. The van der Waals surface area contributed by atoms with Gasteiger partial charge in [0.15, 0.2) is 0 Å². The van der Waals surface area contributed by atoms with Crippen molar-refractivity contribution in [3.8, 4) is 0 Å². The minimum Gasteiger partial charge on any atom is -0.467 e. The van der Waals surface area contributed by atoms with E-state index >= 15 is 0 Å². The molecule has 0 aliphatic carbocycles. The minimum atomic E-state index is -0.642. The minimum absolute atomic E-state index is 0.0632. The van der Waals surface area contributed by atoms with E-state index in [-0.39, 0.29) is 11.9 Å². The predicted octanol–water partition coefficient (Wildman–Crippen LogP) is 1.21. The van der Waals surface area contributed by atoms with Gasteiger partial charge < -0.3 is 19.7 Å². The molecule has 2 heterocycles. The summed E-state index contributed by atoms with van der Waals surface area (Å²) in [5, 5.41) is 2.61. The lowest BCUT2D eigenvalue weighted by atomic mass is 9.98. The van der Waals surface area contributed by atoms with Gasteiger partial charge in [0.1, 0.15) is 17.7 Å². The van der Waals surface area contributed by atoms with Crippen molar-refractivity contribution >= 4 is 18.0 Å². The number of ether oxygens (including phenoxy) is 2. The Morgan fingerprint density at radius 3 is 2.41 bits per heavy atom. The van der Waals surface area contributed by atoms with Crippen molar-refractivity contribution in [2.75, 3.05) is 7.11 Å². The highest BCUT2D eigenvalue weighted by Crippen LogP contribution is 2.33. The molecule has 2 rings (SSSR count). The standard InChI is InChI=1S/C15H24N2O5/c1-15(2,3)22-14(20)16-10-7-5-9-6-8-11(13(19)21-4)17(9)12(10)18/h9-11H,5-8H2,1-4H3,(H,16,20). The summed E-state index contributed by atoms with van der Waals surface area (Å²) in [6.07, 6.45) is 2.12.